The minimum atomic E-state index is 0. The Morgan fingerprint density at radius 3 is 2.38 bits per heavy atom. The summed E-state index contributed by atoms with van der Waals surface area (Å²) in [4.78, 5) is 4.63. The first-order valence-electron chi connectivity index (χ1n) is 8.10. The molecular formula is C19H26IN3O. The summed E-state index contributed by atoms with van der Waals surface area (Å²) in [6, 6.07) is 18.3. The number of rotatable bonds is 7. The lowest BCUT2D eigenvalue weighted by Gasteiger charge is -2.14. The maximum Gasteiger partial charge on any atom is 0.191 e. The highest BCUT2D eigenvalue weighted by atomic mass is 127. The van der Waals surface area contributed by atoms with Crippen molar-refractivity contribution in [3.05, 3.63) is 65.7 Å². The van der Waals surface area contributed by atoms with Gasteiger partial charge in [0.25, 0.3) is 0 Å². The van der Waals surface area contributed by atoms with E-state index in [-0.39, 0.29) is 24.0 Å². The van der Waals surface area contributed by atoms with Crippen molar-refractivity contribution in [2.75, 3.05) is 13.2 Å². The molecule has 5 heteroatoms. The molecule has 0 aliphatic heterocycles. The summed E-state index contributed by atoms with van der Waals surface area (Å²) < 4.78 is 5.66. The van der Waals surface area contributed by atoms with Gasteiger partial charge in [-0.05, 0) is 25.5 Å². The average Bonchev–Trinajstić information content (AvgIpc) is 2.60. The van der Waals surface area contributed by atoms with Gasteiger partial charge in [0.1, 0.15) is 5.75 Å². The van der Waals surface area contributed by atoms with Gasteiger partial charge >= 0.3 is 0 Å². The van der Waals surface area contributed by atoms with Crippen molar-refractivity contribution in [3.63, 3.8) is 0 Å². The minimum absolute atomic E-state index is 0. The van der Waals surface area contributed by atoms with Crippen molar-refractivity contribution in [2.45, 2.75) is 26.9 Å². The molecule has 130 valence electrons. The third kappa shape index (κ3) is 6.78. The Hall–Kier alpha value is -1.76. The van der Waals surface area contributed by atoms with Gasteiger partial charge in [-0.25, -0.2) is 4.99 Å². The topological polar surface area (TPSA) is 45.7 Å². The zero-order valence-electron chi connectivity index (χ0n) is 14.3. The molecule has 24 heavy (non-hydrogen) atoms. The van der Waals surface area contributed by atoms with Crippen LogP contribution in [0.3, 0.4) is 0 Å². The maximum atomic E-state index is 5.66. The maximum absolute atomic E-state index is 5.66. The Kier molecular flexibility index (Phi) is 9.91. The lowest BCUT2D eigenvalue weighted by Crippen LogP contribution is -2.36. The van der Waals surface area contributed by atoms with E-state index >= 15 is 0 Å². The fraction of sp³-hybridized carbons (Fsp3) is 0.316. The first kappa shape index (κ1) is 20.3. The van der Waals surface area contributed by atoms with Crippen LogP contribution in [0.5, 0.6) is 5.75 Å². The Morgan fingerprint density at radius 1 is 0.958 bits per heavy atom. The molecule has 0 aliphatic rings. The van der Waals surface area contributed by atoms with Gasteiger partial charge in [0, 0.05) is 18.7 Å². The molecular weight excluding hydrogens is 413 g/mol. The second-order valence-corrected chi connectivity index (χ2v) is 5.08. The third-order valence-electron chi connectivity index (χ3n) is 3.33. The van der Waals surface area contributed by atoms with Gasteiger partial charge in [-0.2, -0.15) is 0 Å². The number of nitrogens with one attached hydrogen (secondary N) is 2. The quantitative estimate of drug-likeness (QED) is 0.390. The van der Waals surface area contributed by atoms with E-state index in [0.29, 0.717) is 19.7 Å². The number of halogens is 1. The monoisotopic (exact) mass is 439 g/mol. The Morgan fingerprint density at radius 2 is 1.67 bits per heavy atom. The first-order chi connectivity index (χ1) is 11.3. The molecule has 2 rings (SSSR count). The van der Waals surface area contributed by atoms with Crippen LogP contribution < -0.4 is 15.4 Å². The average molecular weight is 439 g/mol. The number of hydrogen-bond donors (Lipinski definition) is 2. The first-order valence-corrected chi connectivity index (χ1v) is 8.10. The normalized spacial score (nSPS) is 10.7. The molecule has 0 aliphatic carbocycles. The zero-order valence-corrected chi connectivity index (χ0v) is 16.6. The molecule has 2 aromatic rings. The number of para-hydroxylation sites is 1. The molecule has 0 amide bonds. The van der Waals surface area contributed by atoms with Gasteiger partial charge < -0.3 is 15.4 Å². The summed E-state index contributed by atoms with van der Waals surface area (Å²) in [5.41, 5.74) is 2.32. The second-order valence-electron chi connectivity index (χ2n) is 5.08. The van der Waals surface area contributed by atoms with Crippen molar-refractivity contribution in [1.29, 1.82) is 0 Å². The molecule has 0 saturated carbocycles. The van der Waals surface area contributed by atoms with Crippen LogP contribution in [0.1, 0.15) is 25.0 Å². The SMILES string of the molecule is CCNC(=NCc1ccccc1)NCc1ccccc1OCC.I. The van der Waals surface area contributed by atoms with Crippen molar-refractivity contribution < 1.29 is 4.74 Å². The number of ether oxygens (including phenoxy) is 1. The van der Waals surface area contributed by atoms with E-state index in [1.807, 2.05) is 43.3 Å². The number of benzene rings is 2. The minimum Gasteiger partial charge on any atom is -0.494 e. The van der Waals surface area contributed by atoms with Gasteiger partial charge in [-0.3, -0.25) is 0 Å². The summed E-state index contributed by atoms with van der Waals surface area (Å²) in [6.07, 6.45) is 0. The molecule has 0 unspecified atom stereocenters. The molecule has 0 aromatic heterocycles. The predicted molar refractivity (Wildman–Crippen MR) is 111 cm³/mol. The summed E-state index contributed by atoms with van der Waals surface area (Å²) in [5.74, 6) is 1.73. The lowest BCUT2D eigenvalue weighted by molar-refractivity contribution is 0.336. The molecule has 0 fully saturated rings. The molecule has 0 radical (unpaired) electrons. The van der Waals surface area contributed by atoms with Crippen molar-refractivity contribution >= 4 is 29.9 Å². The summed E-state index contributed by atoms with van der Waals surface area (Å²) in [5, 5.41) is 6.64. The van der Waals surface area contributed by atoms with Gasteiger partial charge in [-0.1, -0.05) is 48.5 Å². The van der Waals surface area contributed by atoms with Crippen LogP contribution >= 0.6 is 24.0 Å². The van der Waals surface area contributed by atoms with Crippen LogP contribution in [0.4, 0.5) is 0 Å². The molecule has 0 saturated heterocycles. The largest absolute Gasteiger partial charge is 0.494 e. The van der Waals surface area contributed by atoms with Crippen molar-refractivity contribution in [3.8, 4) is 5.75 Å². The van der Waals surface area contributed by atoms with Crippen LogP contribution in [0.25, 0.3) is 0 Å². The van der Waals surface area contributed by atoms with E-state index in [4.69, 9.17) is 4.74 Å². The predicted octanol–water partition coefficient (Wildman–Crippen LogP) is 3.96. The Bertz CT molecular complexity index is 617. The van der Waals surface area contributed by atoms with E-state index in [1.54, 1.807) is 0 Å². The van der Waals surface area contributed by atoms with Crippen LogP contribution in [0, 0.1) is 0 Å². The smallest absolute Gasteiger partial charge is 0.191 e. The highest BCUT2D eigenvalue weighted by Gasteiger charge is 2.04. The highest BCUT2D eigenvalue weighted by molar-refractivity contribution is 14.0. The number of nitrogens with zero attached hydrogens (tertiary/aromatic N) is 1. The molecule has 2 aromatic carbocycles. The van der Waals surface area contributed by atoms with Crippen LogP contribution in [-0.4, -0.2) is 19.1 Å². The van der Waals surface area contributed by atoms with Gasteiger partial charge in [0.15, 0.2) is 5.96 Å². The molecule has 4 nitrogen and oxygen atoms in total. The van der Waals surface area contributed by atoms with Gasteiger partial charge in [-0.15, -0.1) is 24.0 Å². The summed E-state index contributed by atoms with van der Waals surface area (Å²) >= 11 is 0. The third-order valence-corrected chi connectivity index (χ3v) is 3.33. The van der Waals surface area contributed by atoms with E-state index in [9.17, 15) is 0 Å². The fourth-order valence-electron chi connectivity index (χ4n) is 2.22. The van der Waals surface area contributed by atoms with E-state index in [0.717, 1.165) is 23.8 Å². The van der Waals surface area contributed by atoms with Crippen molar-refractivity contribution in [2.24, 2.45) is 4.99 Å². The standard InChI is InChI=1S/C19H25N3O.HI/c1-3-20-19(21-14-16-10-6-5-7-11-16)22-15-17-12-8-9-13-18(17)23-4-2;/h5-13H,3-4,14-15H2,1-2H3,(H2,20,21,22);1H. The number of hydrogen-bond acceptors (Lipinski definition) is 2. The van der Waals surface area contributed by atoms with Crippen molar-refractivity contribution in [1.82, 2.24) is 10.6 Å². The molecule has 2 N–H and O–H groups in total. The molecule has 0 heterocycles. The second kappa shape index (κ2) is 11.7. The highest BCUT2D eigenvalue weighted by Crippen LogP contribution is 2.17. The Labute approximate surface area is 161 Å². The zero-order chi connectivity index (χ0) is 16.3. The fourth-order valence-corrected chi connectivity index (χ4v) is 2.22. The van der Waals surface area contributed by atoms with E-state index in [2.05, 4.69) is 40.7 Å². The van der Waals surface area contributed by atoms with Gasteiger partial charge in [0.05, 0.1) is 13.2 Å². The Balaban J connectivity index is 0.00000288. The summed E-state index contributed by atoms with van der Waals surface area (Å²) in [7, 11) is 0. The number of guanidine groups is 1. The van der Waals surface area contributed by atoms with Crippen LogP contribution in [0.2, 0.25) is 0 Å². The lowest BCUT2D eigenvalue weighted by atomic mass is 10.2. The van der Waals surface area contributed by atoms with Crippen LogP contribution in [0.15, 0.2) is 59.6 Å². The van der Waals surface area contributed by atoms with E-state index in [1.165, 1.54) is 5.56 Å². The summed E-state index contributed by atoms with van der Waals surface area (Å²) in [6.45, 7) is 6.89. The number of aliphatic imine (C=N–C) groups is 1. The molecule has 0 spiro atoms. The molecule has 0 bridgehead atoms. The van der Waals surface area contributed by atoms with E-state index < -0.39 is 0 Å². The van der Waals surface area contributed by atoms with Gasteiger partial charge in [0.2, 0.25) is 0 Å². The molecule has 0 atom stereocenters. The van der Waals surface area contributed by atoms with Crippen LogP contribution in [-0.2, 0) is 13.1 Å².